The van der Waals surface area contributed by atoms with E-state index < -0.39 is 23.9 Å². The van der Waals surface area contributed by atoms with E-state index in [0.29, 0.717) is 0 Å². The fourth-order valence-corrected chi connectivity index (χ4v) is 0.888. The number of imide groups is 2. The zero-order chi connectivity index (χ0) is 9.30. The highest BCUT2D eigenvalue weighted by Gasteiger charge is 2.38. The van der Waals surface area contributed by atoms with Gasteiger partial charge in [0, 0.05) is 0 Å². The third kappa shape index (κ3) is 1.09. The molecule has 1 atom stereocenters. The summed E-state index contributed by atoms with van der Waals surface area (Å²) in [4.78, 5) is 33.4. The number of carbonyl (C=O) groups is 3. The average Bonchev–Trinajstić information content (AvgIpc) is 2.26. The summed E-state index contributed by atoms with van der Waals surface area (Å²) in [5.41, 5.74) is 0. The first-order valence-corrected chi connectivity index (χ1v) is 3.39. The molecule has 0 aromatic heterocycles. The Bertz CT molecular complexity index is 272. The first kappa shape index (κ1) is 8.45. The molecule has 0 bridgehead atoms. The number of nitrogens with one attached hydrogen (secondary N) is 1. The maximum Gasteiger partial charge on any atom is 0.332 e. The molecular weight excluding hydrogens is 160 g/mol. The first-order chi connectivity index (χ1) is 5.57. The predicted octanol–water partition coefficient (Wildman–Crippen LogP) is -0.361. The van der Waals surface area contributed by atoms with Crippen molar-refractivity contribution in [1.82, 2.24) is 10.2 Å². The minimum atomic E-state index is -0.881. The van der Waals surface area contributed by atoms with Gasteiger partial charge in [-0.15, -0.1) is 6.58 Å². The van der Waals surface area contributed by atoms with Crippen molar-refractivity contribution in [3.8, 4) is 0 Å². The minimum Gasteiger partial charge on any atom is -0.269 e. The van der Waals surface area contributed by atoms with E-state index in [9.17, 15) is 14.4 Å². The van der Waals surface area contributed by atoms with Gasteiger partial charge in [-0.1, -0.05) is 6.08 Å². The Balaban J connectivity index is 2.90. The molecule has 5 nitrogen and oxygen atoms in total. The van der Waals surface area contributed by atoms with Crippen molar-refractivity contribution in [3.63, 3.8) is 0 Å². The SMILES string of the molecule is C=CC(C)N1C(=O)NC(=O)C1=O. The molecule has 64 valence electrons. The van der Waals surface area contributed by atoms with E-state index in [1.165, 1.54) is 6.08 Å². The maximum absolute atomic E-state index is 11.0. The zero-order valence-electron chi connectivity index (χ0n) is 6.53. The summed E-state index contributed by atoms with van der Waals surface area (Å²) in [5, 5.41) is 1.88. The number of amides is 4. The van der Waals surface area contributed by atoms with Crippen LogP contribution in [0.3, 0.4) is 0 Å². The van der Waals surface area contributed by atoms with Crippen LogP contribution in [-0.2, 0) is 9.59 Å². The molecule has 0 aliphatic carbocycles. The van der Waals surface area contributed by atoms with Crippen molar-refractivity contribution >= 4 is 17.8 Å². The van der Waals surface area contributed by atoms with Gasteiger partial charge in [0.1, 0.15) is 0 Å². The fourth-order valence-electron chi connectivity index (χ4n) is 0.888. The lowest BCUT2D eigenvalue weighted by Crippen LogP contribution is -2.37. The highest BCUT2D eigenvalue weighted by Crippen LogP contribution is 2.06. The highest BCUT2D eigenvalue weighted by molar-refractivity contribution is 6.44. The monoisotopic (exact) mass is 168 g/mol. The maximum atomic E-state index is 11.0. The predicted molar refractivity (Wildman–Crippen MR) is 40.0 cm³/mol. The van der Waals surface area contributed by atoms with E-state index in [1.54, 1.807) is 6.92 Å². The average molecular weight is 168 g/mol. The molecule has 1 aliphatic rings. The van der Waals surface area contributed by atoms with Gasteiger partial charge in [-0.3, -0.25) is 14.9 Å². The molecular formula is C7H8N2O3. The molecule has 1 unspecified atom stereocenters. The van der Waals surface area contributed by atoms with E-state index in [-0.39, 0.29) is 0 Å². The third-order valence-corrected chi connectivity index (χ3v) is 1.60. The van der Waals surface area contributed by atoms with Gasteiger partial charge in [-0.2, -0.15) is 0 Å². The van der Waals surface area contributed by atoms with Crippen molar-refractivity contribution in [2.75, 3.05) is 0 Å². The minimum absolute atomic E-state index is 0.455. The van der Waals surface area contributed by atoms with E-state index in [0.717, 1.165) is 4.90 Å². The second-order valence-corrected chi connectivity index (χ2v) is 2.41. The van der Waals surface area contributed by atoms with Gasteiger partial charge in [0.15, 0.2) is 0 Å². The molecule has 0 radical (unpaired) electrons. The molecule has 1 heterocycles. The molecule has 12 heavy (non-hydrogen) atoms. The summed E-state index contributed by atoms with van der Waals surface area (Å²) in [6, 6.07) is -1.14. The van der Waals surface area contributed by atoms with E-state index in [2.05, 4.69) is 6.58 Å². The molecule has 0 aromatic carbocycles. The standard InChI is InChI=1S/C7H8N2O3/c1-3-4(2)9-6(11)5(10)8-7(9)12/h3-4H,1H2,2H3,(H,8,10,12). The van der Waals surface area contributed by atoms with Crippen LogP contribution in [0.25, 0.3) is 0 Å². The molecule has 5 heteroatoms. The van der Waals surface area contributed by atoms with Crippen molar-refractivity contribution in [2.24, 2.45) is 0 Å². The molecule has 1 N–H and O–H groups in total. The summed E-state index contributed by atoms with van der Waals surface area (Å²) in [6.45, 7) is 5.01. The Labute approximate surface area is 69.0 Å². The smallest absolute Gasteiger partial charge is 0.269 e. The van der Waals surface area contributed by atoms with Gasteiger partial charge in [0.2, 0.25) is 0 Å². The van der Waals surface area contributed by atoms with Crippen molar-refractivity contribution in [3.05, 3.63) is 12.7 Å². The van der Waals surface area contributed by atoms with Crippen LogP contribution in [0, 0.1) is 0 Å². The molecule has 1 saturated heterocycles. The number of hydrogen-bond acceptors (Lipinski definition) is 3. The van der Waals surface area contributed by atoms with Gasteiger partial charge in [0.05, 0.1) is 6.04 Å². The van der Waals surface area contributed by atoms with Gasteiger partial charge in [-0.25, -0.2) is 9.69 Å². The third-order valence-electron chi connectivity index (χ3n) is 1.60. The number of carbonyl (C=O) groups excluding carboxylic acids is 3. The van der Waals surface area contributed by atoms with Crippen molar-refractivity contribution < 1.29 is 14.4 Å². The van der Waals surface area contributed by atoms with Crippen LogP contribution in [-0.4, -0.2) is 28.8 Å². The quantitative estimate of drug-likeness (QED) is 0.348. The van der Waals surface area contributed by atoms with Crippen molar-refractivity contribution in [1.29, 1.82) is 0 Å². The summed E-state index contributed by atoms with van der Waals surface area (Å²) in [6.07, 6.45) is 1.41. The Morgan fingerprint density at radius 1 is 1.50 bits per heavy atom. The van der Waals surface area contributed by atoms with Crippen LogP contribution in [0.15, 0.2) is 12.7 Å². The lowest BCUT2D eigenvalue weighted by atomic mass is 10.3. The number of rotatable bonds is 2. The molecule has 0 aromatic rings. The Kier molecular flexibility index (Phi) is 1.95. The topological polar surface area (TPSA) is 66.5 Å². The van der Waals surface area contributed by atoms with E-state index in [4.69, 9.17) is 0 Å². The molecule has 1 rings (SSSR count). The van der Waals surface area contributed by atoms with E-state index >= 15 is 0 Å². The van der Waals surface area contributed by atoms with Crippen LogP contribution in [0.5, 0.6) is 0 Å². The molecule has 1 fully saturated rings. The Morgan fingerprint density at radius 2 is 2.08 bits per heavy atom. The molecule has 0 saturated carbocycles. The second kappa shape index (κ2) is 2.77. The van der Waals surface area contributed by atoms with Crippen molar-refractivity contribution in [2.45, 2.75) is 13.0 Å². The van der Waals surface area contributed by atoms with Gasteiger partial charge in [-0.05, 0) is 6.92 Å². The summed E-state index contributed by atoms with van der Waals surface area (Å²) in [5.74, 6) is -1.71. The van der Waals surface area contributed by atoms with Gasteiger partial charge < -0.3 is 0 Å². The number of hydrogen-bond donors (Lipinski definition) is 1. The van der Waals surface area contributed by atoms with Crippen LogP contribution in [0.4, 0.5) is 4.79 Å². The van der Waals surface area contributed by atoms with Gasteiger partial charge >= 0.3 is 17.8 Å². The lowest BCUT2D eigenvalue weighted by Gasteiger charge is -2.15. The van der Waals surface area contributed by atoms with Crippen LogP contribution in [0.2, 0.25) is 0 Å². The molecule has 4 amide bonds. The summed E-state index contributed by atoms with van der Waals surface area (Å²) < 4.78 is 0. The Hall–Kier alpha value is -1.65. The first-order valence-electron chi connectivity index (χ1n) is 3.39. The van der Waals surface area contributed by atoms with Crippen LogP contribution in [0.1, 0.15) is 6.92 Å². The molecule has 1 aliphatic heterocycles. The highest BCUT2D eigenvalue weighted by atomic mass is 16.2. The number of urea groups is 1. The van der Waals surface area contributed by atoms with Crippen LogP contribution < -0.4 is 5.32 Å². The zero-order valence-corrected chi connectivity index (χ0v) is 6.53. The van der Waals surface area contributed by atoms with Gasteiger partial charge in [0.25, 0.3) is 0 Å². The molecule has 0 spiro atoms. The summed E-state index contributed by atoms with van der Waals surface area (Å²) >= 11 is 0. The van der Waals surface area contributed by atoms with Crippen LogP contribution >= 0.6 is 0 Å². The fraction of sp³-hybridized carbons (Fsp3) is 0.286. The normalized spacial score (nSPS) is 19.4. The summed E-state index contributed by atoms with van der Waals surface area (Å²) in [7, 11) is 0. The Morgan fingerprint density at radius 3 is 2.42 bits per heavy atom. The second-order valence-electron chi connectivity index (χ2n) is 2.41. The van der Waals surface area contributed by atoms with E-state index in [1.807, 2.05) is 5.32 Å². The largest absolute Gasteiger partial charge is 0.332 e. The number of nitrogens with zero attached hydrogens (tertiary/aromatic N) is 1. The lowest BCUT2D eigenvalue weighted by molar-refractivity contribution is -0.140.